The number of nitrogens with one attached hydrogen (secondary N) is 2. The quantitative estimate of drug-likeness (QED) is 0.747. The lowest BCUT2D eigenvalue weighted by atomic mass is 9.81. The first-order chi connectivity index (χ1) is 14.5. The molecule has 1 aliphatic carbocycles. The SMILES string of the molecule is COc1cccc(CC(=O)NC2(C#Cc3ccc(NC(C)=O)nc3)CCCCC2)c1. The summed E-state index contributed by atoms with van der Waals surface area (Å²) in [6, 6.07) is 11.1. The normalized spacial score (nSPS) is 14.7. The fourth-order valence-corrected chi connectivity index (χ4v) is 3.63. The highest BCUT2D eigenvalue weighted by molar-refractivity contribution is 5.87. The van der Waals surface area contributed by atoms with Gasteiger partial charge < -0.3 is 15.4 Å². The molecule has 1 aromatic carbocycles. The summed E-state index contributed by atoms with van der Waals surface area (Å²) in [6.45, 7) is 1.44. The Hall–Kier alpha value is -3.33. The molecule has 1 fully saturated rings. The van der Waals surface area contributed by atoms with Crippen molar-refractivity contribution in [3.8, 4) is 17.6 Å². The number of methoxy groups -OCH3 is 1. The minimum Gasteiger partial charge on any atom is -0.497 e. The predicted molar refractivity (Wildman–Crippen MR) is 116 cm³/mol. The van der Waals surface area contributed by atoms with Crippen LogP contribution in [0.5, 0.6) is 5.75 Å². The van der Waals surface area contributed by atoms with E-state index in [1.807, 2.05) is 30.3 Å². The largest absolute Gasteiger partial charge is 0.497 e. The molecule has 2 aromatic rings. The van der Waals surface area contributed by atoms with Crippen molar-refractivity contribution >= 4 is 17.6 Å². The van der Waals surface area contributed by atoms with Gasteiger partial charge in [0.1, 0.15) is 17.1 Å². The van der Waals surface area contributed by atoms with Gasteiger partial charge in [-0.25, -0.2) is 4.98 Å². The Kier molecular flexibility index (Phi) is 7.08. The van der Waals surface area contributed by atoms with E-state index in [-0.39, 0.29) is 18.2 Å². The zero-order valence-electron chi connectivity index (χ0n) is 17.5. The molecule has 1 aliphatic rings. The molecule has 0 unspecified atom stereocenters. The predicted octanol–water partition coefficient (Wildman–Crippen LogP) is 3.46. The van der Waals surface area contributed by atoms with E-state index in [1.54, 1.807) is 19.4 Å². The highest BCUT2D eigenvalue weighted by atomic mass is 16.5. The van der Waals surface area contributed by atoms with Gasteiger partial charge in [0.05, 0.1) is 13.5 Å². The summed E-state index contributed by atoms with van der Waals surface area (Å²) < 4.78 is 5.24. The van der Waals surface area contributed by atoms with Crippen molar-refractivity contribution in [2.45, 2.75) is 51.0 Å². The molecule has 6 nitrogen and oxygen atoms in total. The number of hydrogen-bond donors (Lipinski definition) is 2. The Bertz CT molecular complexity index is 952. The van der Waals surface area contributed by atoms with Gasteiger partial charge in [-0.15, -0.1) is 0 Å². The monoisotopic (exact) mass is 405 g/mol. The molecule has 0 saturated heterocycles. The number of anilines is 1. The minimum absolute atomic E-state index is 0.0430. The first-order valence-electron chi connectivity index (χ1n) is 10.2. The smallest absolute Gasteiger partial charge is 0.225 e. The molecule has 2 N–H and O–H groups in total. The summed E-state index contributed by atoms with van der Waals surface area (Å²) >= 11 is 0. The van der Waals surface area contributed by atoms with Crippen LogP contribution in [-0.4, -0.2) is 29.4 Å². The highest BCUT2D eigenvalue weighted by Crippen LogP contribution is 2.28. The van der Waals surface area contributed by atoms with Gasteiger partial charge in [0.15, 0.2) is 0 Å². The van der Waals surface area contributed by atoms with Crippen LogP contribution in [0.4, 0.5) is 5.82 Å². The number of hydrogen-bond acceptors (Lipinski definition) is 4. The van der Waals surface area contributed by atoms with Crippen LogP contribution < -0.4 is 15.4 Å². The lowest BCUT2D eigenvalue weighted by Gasteiger charge is -2.33. The molecule has 3 rings (SSSR count). The van der Waals surface area contributed by atoms with Crippen LogP contribution in [0.25, 0.3) is 0 Å². The average Bonchev–Trinajstić information content (AvgIpc) is 2.73. The van der Waals surface area contributed by atoms with Gasteiger partial charge in [0.2, 0.25) is 11.8 Å². The molecule has 6 heteroatoms. The molecule has 1 aromatic heterocycles. The maximum Gasteiger partial charge on any atom is 0.225 e. The average molecular weight is 405 g/mol. The second kappa shape index (κ2) is 9.93. The first kappa shape index (κ1) is 21.4. The van der Waals surface area contributed by atoms with Gasteiger partial charge in [-0.05, 0) is 42.7 Å². The summed E-state index contributed by atoms with van der Waals surface area (Å²) in [4.78, 5) is 28.1. The summed E-state index contributed by atoms with van der Waals surface area (Å²) in [5.41, 5.74) is 1.13. The standard InChI is InChI=1S/C24H27N3O3/c1-18(28)26-22-10-9-19(17-25-22)11-14-24(12-4-3-5-13-24)27-23(29)16-20-7-6-8-21(15-20)30-2/h6-10,15,17H,3-5,12-13,16H2,1-2H3,(H,27,29)(H,25,26,28). The van der Waals surface area contributed by atoms with Crippen LogP contribution in [-0.2, 0) is 16.0 Å². The molecule has 0 atom stereocenters. The number of amides is 2. The fraction of sp³-hybridized carbons (Fsp3) is 0.375. The van der Waals surface area contributed by atoms with E-state index in [1.165, 1.54) is 6.92 Å². The molecule has 0 bridgehead atoms. The second-order valence-electron chi connectivity index (χ2n) is 7.58. The maximum atomic E-state index is 12.8. The van der Waals surface area contributed by atoms with E-state index in [0.29, 0.717) is 5.82 Å². The van der Waals surface area contributed by atoms with Gasteiger partial charge >= 0.3 is 0 Å². The van der Waals surface area contributed by atoms with E-state index in [2.05, 4.69) is 27.5 Å². The number of nitrogens with zero attached hydrogens (tertiary/aromatic N) is 1. The summed E-state index contributed by atoms with van der Waals surface area (Å²) in [5, 5.41) is 5.83. The Labute approximate surface area is 177 Å². The molecule has 0 radical (unpaired) electrons. The first-order valence-corrected chi connectivity index (χ1v) is 10.2. The van der Waals surface area contributed by atoms with Crippen molar-refractivity contribution in [1.82, 2.24) is 10.3 Å². The number of aromatic nitrogens is 1. The van der Waals surface area contributed by atoms with Crippen LogP contribution in [0.1, 0.15) is 50.2 Å². The molecule has 1 saturated carbocycles. The van der Waals surface area contributed by atoms with Crippen LogP contribution >= 0.6 is 0 Å². The van der Waals surface area contributed by atoms with Gasteiger partial charge in [0, 0.05) is 18.7 Å². The molecular weight excluding hydrogens is 378 g/mol. The minimum atomic E-state index is -0.523. The molecule has 0 spiro atoms. The number of rotatable bonds is 5. The van der Waals surface area contributed by atoms with Crippen molar-refractivity contribution in [1.29, 1.82) is 0 Å². The number of carbonyl (C=O) groups is 2. The third-order valence-electron chi connectivity index (χ3n) is 5.10. The third-order valence-corrected chi connectivity index (χ3v) is 5.10. The Morgan fingerprint density at radius 3 is 2.63 bits per heavy atom. The van der Waals surface area contributed by atoms with E-state index in [4.69, 9.17) is 4.74 Å². The van der Waals surface area contributed by atoms with E-state index >= 15 is 0 Å². The Morgan fingerprint density at radius 1 is 1.17 bits per heavy atom. The van der Waals surface area contributed by atoms with Crippen molar-refractivity contribution in [3.05, 3.63) is 53.7 Å². The van der Waals surface area contributed by atoms with Crippen LogP contribution in [0.2, 0.25) is 0 Å². The fourth-order valence-electron chi connectivity index (χ4n) is 3.63. The topological polar surface area (TPSA) is 80.3 Å². The van der Waals surface area contributed by atoms with Gasteiger partial charge in [0.25, 0.3) is 0 Å². The van der Waals surface area contributed by atoms with Crippen molar-refractivity contribution < 1.29 is 14.3 Å². The van der Waals surface area contributed by atoms with Crippen LogP contribution in [0, 0.1) is 11.8 Å². The summed E-state index contributed by atoms with van der Waals surface area (Å²) in [6.07, 6.45) is 6.81. The summed E-state index contributed by atoms with van der Waals surface area (Å²) in [5.74, 6) is 7.50. The third kappa shape index (κ3) is 6.08. The molecule has 2 amide bonds. The van der Waals surface area contributed by atoms with Crippen LogP contribution in [0.15, 0.2) is 42.6 Å². The van der Waals surface area contributed by atoms with E-state index < -0.39 is 5.54 Å². The number of benzene rings is 1. The second-order valence-corrected chi connectivity index (χ2v) is 7.58. The van der Waals surface area contributed by atoms with Crippen LogP contribution in [0.3, 0.4) is 0 Å². The molecule has 1 heterocycles. The Balaban J connectivity index is 1.72. The van der Waals surface area contributed by atoms with E-state index in [9.17, 15) is 9.59 Å². The van der Waals surface area contributed by atoms with Gasteiger partial charge in [-0.3, -0.25) is 9.59 Å². The van der Waals surface area contributed by atoms with Gasteiger partial charge in [-0.2, -0.15) is 0 Å². The lowest BCUT2D eigenvalue weighted by Crippen LogP contribution is -2.49. The number of pyridine rings is 1. The number of ether oxygens (including phenoxy) is 1. The van der Waals surface area contributed by atoms with E-state index in [0.717, 1.165) is 49.0 Å². The highest BCUT2D eigenvalue weighted by Gasteiger charge is 2.31. The molecule has 156 valence electrons. The van der Waals surface area contributed by atoms with Crippen molar-refractivity contribution in [2.75, 3.05) is 12.4 Å². The molecule has 30 heavy (non-hydrogen) atoms. The summed E-state index contributed by atoms with van der Waals surface area (Å²) in [7, 11) is 1.61. The van der Waals surface area contributed by atoms with Crippen molar-refractivity contribution in [2.24, 2.45) is 0 Å². The zero-order chi connectivity index (χ0) is 21.4. The zero-order valence-corrected chi connectivity index (χ0v) is 17.5. The molecular formula is C24H27N3O3. The lowest BCUT2D eigenvalue weighted by molar-refractivity contribution is -0.122. The Morgan fingerprint density at radius 2 is 1.97 bits per heavy atom. The number of carbonyl (C=O) groups excluding carboxylic acids is 2. The van der Waals surface area contributed by atoms with Crippen molar-refractivity contribution in [3.63, 3.8) is 0 Å². The molecule has 0 aliphatic heterocycles. The maximum absolute atomic E-state index is 12.8. The van der Waals surface area contributed by atoms with Gasteiger partial charge in [-0.1, -0.05) is 43.2 Å².